The highest BCUT2D eigenvalue weighted by molar-refractivity contribution is 5.40. The standard InChI is InChI=1S/C15H18N2O2/c1-2-8-17-9-7-16-15(17)14(18)12-10-19-13-6-4-3-5-11(12)13/h3-7,9,12,14,18H,2,8,10H2,1H3. The molecule has 1 N–H and O–H groups in total. The fourth-order valence-corrected chi connectivity index (χ4v) is 2.65. The summed E-state index contributed by atoms with van der Waals surface area (Å²) in [5, 5.41) is 10.6. The Morgan fingerprint density at radius 1 is 1.47 bits per heavy atom. The van der Waals surface area contributed by atoms with Crippen LogP contribution in [0.3, 0.4) is 0 Å². The highest BCUT2D eigenvalue weighted by Crippen LogP contribution is 2.40. The molecule has 2 unspecified atom stereocenters. The molecule has 0 bridgehead atoms. The van der Waals surface area contributed by atoms with E-state index in [0.29, 0.717) is 6.61 Å². The second-order valence-electron chi connectivity index (χ2n) is 4.88. The average molecular weight is 258 g/mol. The van der Waals surface area contributed by atoms with Crippen LogP contribution in [0.15, 0.2) is 36.7 Å². The monoisotopic (exact) mass is 258 g/mol. The summed E-state index contributed by atoms with van der Waals surface area (Å²) in [6, 6.07) is 7.89. The molecule has 4 heteroatoms. The van der Waals surface area contributed by atoms with E-state index in [9.17, 15) is 5.11 Å². The maximum atomic E-state index is 10.6. The minimum atomic E-state index is -0.620. The van der Waals surface area contributed by atoms with Crippen LogP contribution in [0.5, 0.6) is 5.75 Å². The second-order valence-corrected chi connectivity index (χ2v) is 4.88. The predicted octanol–water partition coefficient (Wildman–Crippen LogP) is 2.50. The van der Waals surface area contributed by atoms with Crippen LogP contribution in [0.4, 0.5) is 0 Å². The van der Waals surface area contributed by atoms with Gasteiger partial charge < -0.3 is 14.4 Å². The van der Waals surface area contributed by atoms with Crippen LogP contribution in [0, 0.1) is 0 Å². The number of hydrogen-bond acceptors (Lipinski definition) is 3. The summed E-state index contributed by atoms with van der Waals surface area (Å²) in [6.07, 6.45) is 4.07. The van der Waals surface area contributed by atoms with E-state index in [1.54, 1.807) is 6.20 Å². The molecule has 2 atom stereocenters. The topological polar surface area (TPSA) is 47.3 Å². The normalized spacial score (nSPS) is 18.9. The van der Waals surface area contributed by atoms with Crippen molar-refractivity contribution in [3.05, 3.63) is 48.0 Å². The van der Waals surface area contributed by atoms with Crippen LogP contribution in [0.1, 0.15) is 36.8 Å². The van der Waals surface area contributed by atoms with E-state index in [2.05, 4.69) is 11.9 Å². The van der Waals surface area contributed by atoms with Crippen molar-refractivity contribution in [2.45, 2.75) is 31.9 Å². The van der Waals surface area contributed by atoms with Crippen LogP contribution in [0.2, 0.25) is 0 Å². The SMILES string of the molecule is CCCn1ccnc1C(O)C1COc2ccccc21. The summed E-state index contributed by atoms with van der Waals surface area (Å²) < 4.78 is 7.65. The quantitative estimate of drug-likeness (QED) is 0.916. The van der Waals surface area contributed by atoms with E-state index >= 15 is 0 Å². The molecule has 0 saturated heterocycles. The number of ether oxygens (including phenoxy) is 1. The van der Waals surface area contributed by atoms with E-state index in [0.717, 1.165) is 30.1 Å². The molecular formula is C15H18N2O2. The van der Waals surface area contributed by atoms with Gasteiger partial charge in [-0.2, -0.15) is 0 Å². The lowest BCUT2D eigenvalue weighted by atomic mass is 9.95. The van der Waals surface area contributed by atoms with Crippen molar-refractivity contribution in [3.8, 4) is 5.75 Å². The van der Waals surface area contributed by atoms with Gasteiger partial charge in [0.05, 0.1) is 12.5 Å². The Balaban J connectivity index is 1.89. The second kappa shape index (κ2) is 5.05. The van der Waals surface area contributed by atoms with Crippen molar-refractivity contribution >= 4 is 0 Å². The van der Waals surface area contributed by atoms with Gasteiger partial charge in [-0.25, -0.2) is 4.98 Å². The van der Waals surface area contributed by atoms with Crippen molar-refractivity contribution in [2.75, 3.05) is 6.61 Å². The molecule has 2 aromatic rings. The van der Waals surface area contributed by atoms with Gasteiger partial charge in [-0.3, -0.25) is 0 Å². The Bertz CT molecular complexity index is 565. The minimum Gasteiger partial charge on any atom is -0.493 e. The number of aromatic nitrogens is 2. The maximum Gasteiger partial charge on any atom is 0.138 e. The summed E-state index contributed by atoms with van der Waals surface area (Å²) >= 11 is 0. The molecule has 0 amide bonds. The molecule has 0 spiro atoms. The zero-order chi connectivity index (χ0) is 13.2. The van der Waals surface area contributed by atoms with Crippen LogP contribution in [-0.4, -0.2) is 21.3 Å². The maximum absolute atomic E-state index is 10.6. The summed E-state index contributed by atoms with van der Waals surface area (Å²) in [4.78, 5) is 4.31. The molecule has 0 radical (unpaired) electrons. The Hall–Kier alpha value is -1.81. The molecule has 0 saturated carbocycles. The smallest absolute Gasteiger partial charge is 0.138 e. The first kappa shape index (κ1) is 12.2. The Morgan fingerprint density at radius 3 is 3.16 bits per heavy atom. The van der Waals surface area contributed by atoms with Gasteiger partial charge in [0.2, 0.25) is 0 Å². The third kappa shape index (κ3) is 2.12. The number of imidazole rings is 1. The number of aryl methyl sites for hydroxylation is 1. The number of aliphatic hydroxyl groups is 1. The molecular weight excluding hydrogens is 240 g/mol. The van der Waals surface area contributed by atoms with Crippen LogP contribution in [-0.2, 0) is 6.54 Å². The summed E-state index contributed by atoms with van der Waals surface area (Å²) in [5.41, 5.74) is 1.07. The largest absolute Gasteiger partial charge is 0.493 e. The Labute approximate surface area is 112 Å². The number of para-hydroxylation sites is 1. The van der Waals surface area contributed by atoms with Gasteiger partial charge in [-0.1, -0.05) is 25.1 Å². The highest BCUT2D eigenvalue weighted by Gasteiger charge is 2.33. The first-order valence-corrected chi connectivity index (χ1v) is 6.72. The molecule has 1 aromatic carbocycles. The molecule has 19 heavy (non-hydrogen) atoms. The Morgan fingerprint density at radius 2 is 2.32 bits per heavy atom. The zero-order valence-electron chi connectivity index (χ0n) is 11.0. The lowest BCUT2D eigenvalue weighted by Gasteiger charge is -2.18. The third-order valence-electron chi connectivity index (χ3n) is 3.59. The van der Waals surface area contributed by atoms with E-state index in [1.165, 1.54) is 0 Å². The fraction of sp³-hybridized carbons (Fsp3) is 0.400. The summed E-state index contributed by atoms with van der Waals surface area (Å²) in [6.45, 7) is 3.51. The van der Waals surface area contributed by atoms with Crippen LogP contribution >= 0.6 is 0 Å². The van der Waals surface area contributed by atoms with Gasteiger partial charge in [0.15, 0.2) is 0 Å². The van der Waals surface area contributed by atoms with Crippen molar-refractivity contribution in [2.24, 2.45) is 0 Å². The summed E-state index contributed by atoms with van der Waals surface area (Å²) in [5.74, 6) is 1.57. The van der Waals surface area contributed by atoms with Gasteiger partial charge >= 0.3 is 0 Å². The molecule has 4 nitrogen and oxygen atoms in total. The van der Waals surface area contributed by atoms with E-state index in [1.807, 2.05) is 35.0 Å². The summed E-state index contributed by atoms with van der Waals surface area (Å²) in [7, 11) is 0. The highest BCUT2D eigenvalue weighted by atomic mass is 16.5. The molecule has 0 fully saturated rings. The van der Waals surface area contributed by atoms with Crippen LogP contribution < -0.4 is 4.74 Å². The average Bonchev–Trinajstić information content (AvgIpc) is 3.04. The molecule has 100 valence electrons. The van der Waals surface area contributed by atoms with Gasteiger partial charge in [0.1, 0.15) is 17.7 Å². The molecule has 3 rings (SSSR count). The molecule has 2 heterocycles. The lowest BCUT2D eigenvalue weighted by molar-refractivity contribution is 0.118. The number of rotatable bonds is 4. The van der Waals surface area contributed by atoms with E-state index < -0.39 is 6.10 Å². The van der Waals surface area contributed by atoms with Crippen molar-refractivity contribution in [3.63, 3.8) is 0 Å². The van der Waals surface area contributed by atoms with E-state index in [-0.39, 0.29) is 5.92 Å². The van der Waals surface area contributed by atoms with Gasteiger partial charge in [0, 0.05) is 24.5 Å². The fourth-order valence-electron chi connectivity index (χ4n) is 2.65. The Kier molecular flexibility index (Phi) is 3.25. The number of fused-ring (bicyclic) bond motifs is 1. The number of hydrogen-bond donors (Lipinski definition) is 1. The van der Waals surface area contributed by atoms with Gasteiger partial charge in [-0.15, -0.1) is 0 Å². The van der Waals surface area contributed by atoms with Gasteiger partial charge in [-0.05, 0) is 12.5 Å². The van der Waals surface area contributed by atoms with Gasteiger partial charge in [0.25, 0.3) is 0 Å². The number of benzene rings is 1. The molecule has 1 aliphatic rings. The van der Waals surface area contributed by atoms with Crippen molar-refractivity contribution in [1.29, 1.82) is 0 Å². The third-order valence-corrected chi connectivity index (χ3v) is 3.59. The van der Waals surface area contributed by atoms with Crippen LogP contribution in [0.25, 0.3) is 0 Å². The number of aliphatic hydroxyl groups excluding tert-OH is 1. The van der Waals surface area contributed by atoms with E-state index in [4.69, 9.17) is 4.74 Å². The lowest BCUT2D eigenvalue weighted by Crippen LogP contribution is -2.17. The molecule has 1 aliphatic heterocycles. The number of nitrogens with zero attached hydrogens (tertiary/aromatic N) is 2. The van der Waals surface area contributed by atoms with Crippen molar-refractivity contribution in [1.82, 2.24) is 9.55 Å². The first-order chi connectivity index (χ1) is 9.31. The van der Waals surface area contributed by atoms with Crippen molar-refractivity contribution < 1.29 is 9.84 Å². The molecule has 0 aliphatic carbocycles. The first-order valence-electron chi connectivity index (χ1n) is 6.72. The molecule has 1 aromatic heterocycles. The predicted molar refractivity (Wildman–Crippen MR) is 72.2 cm³/mol. The minimum absolute atomic E-state index is 0.0331. The zero-order valence-corrected chi connectivity index (χ0v) is 11.0.